The average molecular weight is 333 g/mol. The molecule has 3 aromatic rings. The van der Waals surface area contributed by atoms with Gasteiger partial charge in [-0.05, 0) is 24.3 Å². The van der Waals surface area contributed by atoms with Crippen LogP contribution in [-0.4, -0.2) is 26.6 Å². The number of halogens is 1. The molecule has 0 atom stereocenters. The van der Waals surface area contributed by atoms with Crippen molar-refractivity contribution in [2.75, 3.05) is 11.1 Å². The molecule has 1 amide bonds. The van der Waals surface area contributed by atoms with Crippen LogP contribution in [-0.2, 0) is 4.79 Å². The third-order valence-corrected chi connectivity index (χ3v) is 4.03. The first-order valence-electron chi connectivity index (χ1n) is 6.70. The number of pyridine rings is 1. The number of hydrogen-bond acceptors (Lipinski definition) is 4. The summed E-state index contributed by atoms with van der Waals surface area (Å²) in [5, 5.41) is 4.09. The summed E-state index contributed by atoms with van der Waals surface area (Å²) < 4.78 is 0. The number of amides is 1. The van der Waals surface area contributed by atoms with E-state index in [1.54, 1.807) is 12.1 Å². The van der Waals surface area contributed by atoms with E-state index in [4.69, 9.17) is 11.6 Å². The molecule has 0 saturated heterocycles. The first-order chi connectivity index (χ1) is 10.7. The standard InChI is InChI=1S/C15H13ClN4OS/c16-10-5-6-13(17-9-10)20-14(21)7-8-22-15-18-11-3-1-2-4-12(11)19-15/h1-6,9H,7-8H2,(H,18,19)(H,17,20,21). The first-order valence-corrected chi connectivity index (χ1v) is 8.06. The van der Waals surface area contributed by atoms with E-state index in [1.807, 2.05) is 24.3 Å². The van der Waals surface area contributed by atoms with Gasteiger partial charge in [0, 0.05) is 18.4 Å². The second kappa shape index (κ2) is 6.81. The lowest BCUT2D eigenvalue weighted by Crippen LogP contribution is -2.13. The van der Waals surface area contributed by atoms with Gasteiger partial charge in [0.25, 0.3) is 0 Å². The van der Waals surface area contributed by atoms with Gasteiger partial charge in [0.15, 0.2) is 5.16 Å². The van der Waals surface area contributed by atoms with Crippen LogP contribution in [0.4, 0.5) is 5.82 Å². The molecule has 112 valence electrons. The number of thioether (sulfide) groups is 1. The van der Waals surface area contributed by atoms with E-state index in [1.165, 1.54) is 18.0 Å². The van der Waals surface area contributed by atoms with Crippen LogP contribution in [0.1, 0.15) is 6.42 Å². The van der Waals surface area contributed by atoms with Gasteiger partial charge in [-0.15, -0.1) is 0 Å². The van der Waals surface area contributed by atoms with Crippen LogP contribution in [0, 0.1) is 0 Å². The lowest BCUT2D eigenvalue weighted by Gasteiger charge is -2.03. The second-order valence-corrected chi connectivity index (χ2v) is 6.09. The zero-order valence-electron chi connectivity index (χ0n) is 11.5. The molecule has 0 aliphatic carbocycles. The predicted molar refractivity (Wildman–Crippen MR) is 89.3 cm³/mol. The lowest BCUT2D eigenvalue weighted by molar-refractivity contribution is -0.115. The van der Waals surface area contributed by atoms with Crippen molar-refractivity contribution >= 4 is 46.1 Å². The highest BCUT2D eigenvalue weighted by Gasteiger charge is 2.06. The SMILES string of the molecule is O=C(CCSc1nc2ccccc2[nH]1)Nc1ccc(Cl)cn1. The molecular weight excluding hydrogens is 320 g/mol. The predicted octanol–water partition coefficient (Wildman–Crippen LogP) is 3.73. The minimum Gasteiger partial charge on any atom is -0.333 e. The zero-order chi connectivity index (χ0) is 15.4. The largest absolute Gasteiger partial charge is 0.333 e. The van der Waals surface area contributed by atoms with Crippen LogP contribution in [0.25, 0.3) is 11.0 Å². The van der Waals surface area contributed by atoms with Crippen molar-refractivity contribution in [2.45, 2.75) is 11.6 Å². The van der Waals surface area contributed by atoms with E-state index in [0.29, 0.717) is 23.0 Å². The van der Waals surface area contributed by atoms with Crippen LogP contribution in [0.3, 0.4) is 0 Å². The number of nitrogens with one attached hydrogen (secondary N) is 2. The fraction of sp³-hybridized carbons (Fsp3) is 0.133. The minimum atomic E-state index is -0.0848. The van der Waals surface area contributed by atoms with E-state index in [9.17, 15) is 4.79 Å². The number of hydrogen-bond donors (Lipinski definition) is 2. The number of carbonyl (C=O) groups excluding carboxylic acids is 1. The molecule has 0 unspecified atom stereocenters. The van der Waals surface area contributed by atoms with Crippen molar-refractivity contribution in [3.05, 3.63) is 47.6 Å². The molecule has 0 bridgehead atoms. The zero-order valence-corrected chi connectivity index (χ0v) is 13.1. The maximum Gasteiger partial charge on any atom is 0.226 e. The highest BCUT2D eigenvalue weighted by Crippen LogP contribution is 2.20. The molecule has 0 radical (unpaired) electrons. The van der Waals surface area contributed by atoms with Crippen molar-refractivity contribution in [3.8, 4) is 0 Å². The van der Waals surface area contributed by atoms with Crippen LogP contribution in [0.2, 0.25) is 5.02 Å². The highest BCUT2D eigenvalue weighted by atomic mass is 35.5. The topological polar surface area (TPSA) is 70.7 Å². The monoisotopic (exact) mass is 332 g/mol. The summed E-state index contributed by atoms with van der Waals surface area (Å²) >= 11 is 7.26. The highest BCUT2D eigenvalue weighted by molar-refractivity contribution is 7.99. The molecule has 2 aromatic heterocycles. The Kier molecular flexibility index (Phi) is 4.60. The lowest BCUT2D eigenvalue weighted by atomic mass is 10.3. The number of carbonyl (C=O) groups is 1. The number of nitrogens with zero attached hydrogens (tertiary/aromatic N) is 2. The van der Waals surface area contributed by atoms with Crippen LogP contribution in [0.5, 0.6) is 0 Å². The number of imidazole rings is 1. The average Bonchev–Trinajstić information content (AvgIpc) is 2.92. The van der Waals surface area contributed by atoms with Gasteiger partial charge >= 0.3 is 0 Å². The smallest absolute Gasteiger partial charge is 0.226 e. The van der Waals surface area contributed by atoms with Crippen molar-refractivity contribution in [2.24, 2.45) is 0 Å². The normalized spacial score (nSPS) is 10.8. The van der Waals surface area contributed by atoms with Gasteiger partial charge in [-0.1, -0.05) is 35.5 Å². The number of anilines is 1. The summed E-state index contributed by atoms with van der Waals surface area (Å²) in [5.74, 6) is 1.06. The molecule has 2 heterocycles. The Balaban J connectivity index is 1.49. The van der Waals surface area contributed by atoms with E-state index < -0.39 is 0 Å². The van der Waals surface area contributed by atoms with Gasteiger partial charge in [-0.2, -0.15) is 0 Å². The Morgan fingerprint density at radius 2 is 2.14 bits per heavy atom. The van der Waals surface area contributed by atoms with Crippen molar-refractivity contribution in [1.82, 2.24) is 15.0 Å². The van der Waals surface area contributed by atoms with Gasteiger partial charge in [-0.3, -0.25) is 4.79 Å². The van der Waals surface area contributed by atoms with E-state index in [2.05, 4.69) is 20.3 Å². The minimum absolute atomic E-state index is 0.0848. The molecule has 1 aromatic carbocycles. The van der Waals surface area contributed by atoms with Gasteiger partial charge in [0.2, 0.25) is 5.91 Å². The fourth-order valence-corrected chi connectivity index (χ4v) is 2.83. The third-order valence-electron chi connectivity index (χ3n) is 2.93. The number of aromatic amines is 1. The van der Waals surface area contributed by atoms with Crippen LogP contribution < -0.4 is 5.32 Å². The van der Waals surface area contributed by atoms with Gasteiger partial charge in [0.1, 0.15) is 5.82 Å². The molecule has 5 nitrogen and oxygen atoms in total. The maximum atomic E-state index is 11.8. The molecule has 22 heavy (non-hydrogen) atoms. The van der Waals surface area contributed by atoms with E-state index >= 15 is 0 Å². The quantitative estimate of drug-likeness (QED) is 0.698. The molecule has 3 rings (SSSR count). The molecule has 0 spiro atoms. The summed E-state index contributed by atoms with van der Waals surface area (Å²) in [5.41, 5.74) is 1.93. The van der Waals surface area contributed by atoms with Crippen molar-refractivity contribution in [1.29, 1.82) is 0 Å². The summed E-state index contributed by atoms with van der Waals surface area (Å²) in [7, 11) is 0. The Bertz CT molecular complexity index is 755. The summed E-state index contributed by atoms with van der Waals surface area (Å²) in [6, 6.07) is 11.2. The molecule has 7 heteroatoms. The molecule has 0 fully saturated rings. The second-order valence-electron chi connectivity index (χ2n) is 4.57. The molecule has 0 aliphatic heterocycles. The number of aromatic nitrogens is 3. The maximum absolute atomic E-state index is 11.8. The van der Waals surface area contributed by atoms with E-state index in [-0.39, 0.29) is 5.91 Å². The Labute approximate surface area is 136 Å². The molecule has 0 saturated carbocycles. The summed E-state index contributed by atoms with van der Waals surface area (Å²) in [6.07, 6.45) is 1.88. The Hall–Kier alpha value is -2.05. The van der Waals surface area contributed by atoms with Crippen molar-refractivity contribution < 1.29 is 4.79 Å². The van der Waals surface area contributed by atoms with Crippen LogP contribution in [0.15, 0.2) is 47.8 Å². The summed E-state index contributed by atoms with van der Waals surface area (Å²) in [4.78, 5) is 23.5. The summed E-state index contributed by atoms with van der Waals surface area (Å²) in [6.45, 7) is 0. The third kappa shape index (κ3) is 3.78. The first kappa shape index (κ1) is 14.9. The number of fused-ring (bicyclic) bond motifs is 1. The van der Waals surface area contributed by atoms with Gasteiger partial charge in [-0.25, -0.2) is 9.97 Å². The Morgan fingerprint density at radius 1 is 1.27 bits per heavy atom. The van der Waals surface area contributed by atoms with E-state index in [0.717, 1.165) is 16.2 Å². The van der Waals surface area contributed by atoms with Crippen molar-refractivity contribution in [3.63, 3.8) is 0 Å². The molecule has 2 N–H and O–H groups in total. The van der Waals surface area contributed by atoms with Gasteiger partial charge < -0.3 is 10.3 Å². The molecule has 0 aliphatic rings. The van der Waals surface area contributed by atoms with Gasteiger partial charge in [0.05, 0.1) is 16.1 Å². The fourth-order valence-electron chi connectivity index (χ4n) is 1.89. The van der Waals surface area contributed by atoms with Crippen LogP contribution >= 0.6 is 23.4 Å². The Morgan fingerprint density at radius 3 is 2.91 bits per heavy atom. The molecular formula is C15H13ClN4OS. The number of benzene rings is 1. The number of rotatable bonds is 5. The number of para-hydroxylation sites is 2. The number of H-pyrrole nitrogens is 1.